The van der Waals surface area contributed by atoms with E-state index in [1.165, 1.54) is 6.07 Å². The van der Waals surface area contributed by atoms with Gasteiger partial charge in [-0.15, -0.1) is 0 Å². The molecule has 1 aliphatic heterocycles. The largest absolute Gasteiger partial charge is 0.398 e. The fraction of sp³-hybridized carbons (Fsp3) is 0.357. The van der Waals surface area contributed by atoms with Crippen LogP contribution in [0.5, 0.6) is 0 Å². The summed E-state index contributed by atoms with van der Waals surface area (Å²) in [5.41, 5.74) is 11.7. The number of benzene rings is 1. The molecular formula is C14H18N4O3. The minimum Gasteiger partial charge on any atom is -0.398 e. The minimum atomic E-state index is -0.817. The Hall–Kier alpha value is -2.41. The third kappa shape index (κ3) is 2.87. The molecule has 7 heteroatoms. The summed E-state index contributed by atoms with van der Waals surface area (Å²) < 4.78 is 0. The molecule has 1 saturated heterocycles. The number of nitrogens with zero attached hydrogens (tertiary/aromatic N) is 1. The summed E-state index contributed by atoms with van der Waals surface area (Å²) in [5, 5.41) is 2.31. The van der Waals surface area contributed by atoms with Crippen molar-refractivity contribution in [1.29, 1.82) is 0 Å². The quantitative estimate of drug-likeness (QED) is 0.517. The van der Waals surface area contributed by atoms with Gasteiger partial charge in [-0.25, -0.2) is 0 Å². The second kappa shape index (κ2) is 5.17. The third-order valence-corrected chi connectivity index (χ3v) is 3.73. The summed E-state index contributed by atoms with van der Waals surface area (Å²) >= 11 is 0. The van der Waals surface area contributed by atoms with Gasteiger partial charge in [0, 0.05) is 17.8 Å². The fourth-order valence-corrected chi connectivity index (χ4v) is 2.19. The highest BCUT2D eigenvalue weighted by Gasteiger charge is 2.40. The van der Waals surface area contributed by atoms with Crippen molar-refractivity contribution in [2.24, 2.45) is 5.73 Å². The van der Waals surface area contributed by atoms with Crippen molar-refractivity contribution in [3.05, 3.63) is 29.3 Å². The molecule has 3 amide bonds. The number of nitrogen functional groups attached to an aromatic ring is 1. The number of anilines is 1. The summed E-state index contributed by atoms with van der Waals surface area (Å²) in [4.78, 5) is 36.3. The molecule has 1 aromatic rings. The van der Waals surface area contributed by atoms with Crippen LogP contribution in [0.4, 0.5) is 5.69 Å². The van der Waals surface area contributed by atoms with E-state index in [1.54, 1.807) is 30.9 Å². The van der Waals surface area contributed by atoms with E-state index >= 15 is 0 Å². The monoisotopic (exact) mass is 290 g/mol. The number of carbonyl (C=O) groups excluding carboxylic acids is 3. The number of rotatable bonds is 3. The van der Waals surface area contributed by atoms with Crippen LogP contribution in [0.2, 0.25) is 0 Å². The average Bonchev–Trinajstić information content (AvgIpc) is 2.38. The lowest BCUT2D eigenvalue weighted by atomic mass is 9.97. The van der Waals surface area contributed by atoms with Gasteiger partial charge in [-0.2, -0.15) is 0 Å². The maximum Gasteiger partial charge on any atom is 0.248 e. The van der Waals surface area contributed by atoms with Crippen molar-refractivity contribution >= 4 is 23.4 Å². The molecule has 1 fully saturated rings. The van der Waals surface area contributed by atoms with Crippen LogP contribution in [0.15, 0.2) is 18.2 Å². The molecule has 1 aliphatic rings. The van der Waals surface area contributed by atoms with Gasteiger partial charge in [-0.1, -0.05) is 6.07 Å². The second-order valence-corrected chi connectivity index (χ2v) is 5.57. The summed E-state index contributed by atoms with van der Waals surface area (Å²) in [7, 11) is 0. The predicted octanol–water partition coefficient (Wildman–Crippen LogP) is -0.395. The van der Waals surface area contributed by atoms with Crippen LogP contribution in [-0.2, 0) is 16.1 Å². The lowest BCUT2D eigenvalue weighted by molar-refractivity contribution is -0.145. The van der Waals surface area contributed by atoms with Crippen molar-refractivity contribution in [3.8, 4) is 0 Å². The highest BCUT2D eigenvalue weighted by molar-refractivity contribution is 6.03. The van der Waals surface area contributed by atoms with Crippen LogP contribution in [0.3, 0.4) is 0 Å². The highest BCUT2D eigenvalue weighted by Crippen LogP contribution is 2.24. The van der Waals surface area contributed by atoms with E-state index in [9.17, 15) is 14.4 Å². The number of nitrogens with two attached hydrogens (primary N) is 2. The Morgan fingerprint density at radius 3 is 2.62 bits per heavy atom. The van der Waals surface area contributed by atoms with Crippen LogP contribution in [-0.4, -0.2) is 34.7 Å². The first-order valence-electron chi connectivity index (χ1n) is 6.49. The normalized spacial score (nSPS) is 18.4. The molecule has 0 unspecified atom stereocenters. The number of hydrogen-bond acceptors (Lipinski definition) is 5. The highest BCUT2D eigenvalue weighted by atomic mass is 16.2. The maximum absolute atomic E-state index is 11.9. The van der Waals surface area contributed by atoms with Gasteiger partial charge in [0.2, 0.25) is 17.7 Å². The number of amides is 3. The molecule has 7 nitrogen and oxygen atoms in total. The van der Waals surface area contributed by atoms with E-state index in [0.717, 1.165) is 5.56 Å². The van der Waals surface area contributed by atoms with Crippen molar-refractivity contribution in [2.75, 3.05) is 12.3 Å². The molecule has 1 heterocycles. The van der Waals surface area contributed by atoms with Crippen LogP contribution >= 0.6 is 0 Å². The van der Waals surface area contributed by atoms with Gasteiger partial charge in [0.25, 0.3) is 0 Å². The molecule has 112 valence electrons. The Labute approximate surface area is 122 Å². The van der Waals surface area contributed by atoms with Crippen molar-refractivity contribution < 1.29 is 14.4 Å². The van der Waals surface area contributed by atoms with E-state index in [4.69, 9.17) is 11.5 Å². The Balaban J connectivity index is 2.26. The minimum absolute atomic E-state index is 0.107. The average molecular weight is 290 g/mol. The van der Waals surface area contributed by atoms with E-state index < -0.39 is 11.4 Å². The van der Waals surface area contributed by atoms with E-state index in [0.29, 0.717) is 17.8 Å². The van der Waals surface area contributed by atoms with Crippen LogP contribution in [0.1, 0.15) is 29.8 Å². The molecule has 2 rings (SSSR count). The first kappa shape index (κ1) is 15.0. The van der Waals surface area contributed by atoms with Crippen LogP contribution < -0.4 is 16.8 Å². The Morgan fingerprint density at radius 2 is 2.05 bits per heavy atom. The molecular weight excluding hydrogens is 272 g/mol. The number of primary amides is 1. The van der Waals surface area contributed by atoms with Gasteiger partial charge >= 0.3 is 0 Å². The summed E-state index contributed by atoms with van der Waals surface area (Å²) in [6, 6.07) is 4.76. The molecule has 21 heavy (non-hydrogen) atoms. The van der Waals surface area contributed by atoms with Gasteiger partial charge in [0.05, 0.1) is 12.1 Å². The van der Waals surface area contributed by atoms with E-state index in [-0.39, 0.29) is 18.4 Å². The fourth-order valence-electron chi connectivity index (χ4n) is 2.19. The summed E-state index contributed by atoms with van der Waals surface area (Å²) in [5.74, 6) is -1.24. The van der Waals surface area contributed by atoms with Gasteiger partial charge in [0.1, 0.15) is 0 Å². The summed E-state index contributed by atoms with van der Waals surface area (Å²) in [6.45, 7) is 3.91. The molecule has 5 N–H and O–H groups in total. The molecule has 0 saturated carbocycles. The predicted molar refractivity (Wildman–Crippen MR) is 77.0 cm³/mol. The standard InChI is InChI=1S/C14H18N4O3/c1-14(2)13(21)17-11(19)7-18(14)6-9-4-3-8(12(16)20)5-10(9)15/h3-5H,6-7,15H2,1-2H3,(H2,16,20)(H,17,19,21). The number of piperazine rings is 1. The second-order valence-electron chi connectivity index (χ2n) is 5.57. The van der Waals surface area contributed by atoms with Crippen molar-refractivity contribution in [2.45, 2.75) is 25.9 Å². The topological polar surface area (TPSA) is 119 Å². The van der Waals surface area contributed by atoms with E-state index in [2.05, 4.69) is 5.32 Å². The summed E-state index contributed by atoms with van der Waals surface area (Å²) in [6.07, 6.45) is 0. The van der Waals surface area contributed by atoms with Gasteiger partial charge in [-0.05, 0) is 31.5 Å². The number of imide groups is 1. The van der Waals surface area contributed by atoms with Crippen LogP contribution in [0.25, 0.3) is 0 Å². The lowest BCUT2D eigenvalue weighted by Crippen LogP contribution is -2.63. The van der Waals surface area contributed by atoms with Gasteiger partial charge in [0.15, 0.2) is 0 Å². The molecule has 0 atom stereocenters. The van der Waals surface area contributed by atoms with Crippen molar-refractivity contribution in [1.82, 2.24) is 10.2 Å². The van der Waals surface area contributed by atoms with Gasteiger partial charge < -0.3 is 11.5 Å². The molecule has 0 aliphatic carbocycles. The number of nitrogens with one attached hydrogen (secondary N) is 1. The smallest absolute Gasteiger partial charge is 0.248 e. The first-order chi connectivity index (χ1) is 9.71. The van der Waals surface area contributed by atoms with Crippen LogP contribution in [0, 0.1) is 0 Å². The lowest BCUT2D eigenvalue weighted by Gasteiger charge is -2.40. The zero-order valence-corrected chi connectivity index (χ0v) is 12.0. The maximum atomic E-state index is 11.9. The third-order valence-electron chi connectivity index (χ3n) is 3.73. The Morgan fingerprint density at radius 1 is 1.38 bits per heavy atom. The SMILES string of the molecule is CC1(C)C(=O)NC(=O)CN1Cc1ccc(C(N)=O)cc1N. The first-order valence-corrected chi connectivity index (χ1v) is 6.49. The van der Waals surface area contributed by atoms with Gasteiger partial charge in [-0.3, -0.25) is 24.6 Å². The zero-order valence-electron chi connectivity index (χ0n) is 12.0. The zero-order chi connectivity index (χ0) is 15.8. The molecule has 0 bridgehead atoms. The molecule has 0 aromatic heterocycles. The number of hydrogen-bond donors (Lipinski definition) is 3. The molecule has 1 aromatic carbocycles. The molecule has 0 radical (unpaired) electrons. The molecule has 0 spiro atoms. The Kier molecular flexibility index (Phi) is 3.69. The number of carbonyl (C=O) groups is 3. The van der Waals surface area contributed by atoms with Crippen molar-refractivity contribution in [3.63, 3.8) is 0 Å². The van der Waals surface area contributed by atoms with E-state index in [1.807, 2.05) is 0 Å². The Bertz CT molecular complexity index is 625.